The quantitative estimate of drug-likeness (QED) is 0.593. The highest BCUT2D eigenvalue weighted by molar-refractivity contribution is 9.14. The first-order chi connectivity index (χ1) is 2.64. The monoisotopic (exact) mass is 216 g/mol. The fourth-order valence-corrected chi connectivity index (χ4v) is 0. The molecule has 0 N–H and O–H groups in total. The van der Waals surface area contributed by atoms with Crippen LogP contribution in [0.15, 0.2) is 11.1 Å². The molecule has 0 rings (SSSR count). The molecule has 0 spiro atoms. The molecule has 0 heterocycles. The smallest absolute Gasteiger partial charge is 0.185 e. The number of rotatable bonds is 1. The van der Waals surface area contributed by atoms with Crippen molar-refractivity contribution in [1.29, 1.82) is 0 Å². The van der Waals surface area contributed by atoms with Gasteiger partial charge in [0.2, 0.25) is 0 Å². The van der Waals surface area contributed by atoms with Crippen LogP contribution in [0.1, 0.15) is 0 Å². The topological polar surface area (TPSA) is 0 Å². The van der Waals surface area contributed by atoms with Gasteiger partial charge in [-0.3, -0.25) is 0 Å². The molecule has 0 amide bonds. The minimum Gasteiger partial charge on any atom is -0.229 e. The molecule has 0 aromatic carbocycles. The molecule has 0 aliphatic rings. The highest BCUT2D eigenvalue weighted by Crippen LogP contribution is 2.16. The molecule has 0 aliphatic carbocycles. The third-order valence-electron chi connectivity index (χ3n) is 0.237. The number of alkyl halides is 2. The summed E-state index contributed by atoms with van der Waals surface area (Å²) < 4.78 is 11.9. The van der Waals surface area contributed by atoms with E-state index >= 15 is 0 Å². The highest BCUT2D eigenvalue weighted by atomic mass is 79.9. The molecule has 0 nitrogen and oxygen atoms in total. The SMILES string of the molecule is C=C(Br)C(F)Br. The summed E-state index contributed by atoms with van der Waals surface area (Å²) in [7, 11) is 0. The fourth-order valence-electron chi connectivity index (χ4n) is 0. The molecule has 0 radical (unpaired) electrons. The first-order valence-corrected chi connectivity index (χ1v) is 2.98. The molecule has 0 aromatic heterocycles. The van der Waals surface area contributed by atoms with Crippen LogP contribution in [-0.4, -0.2) is 5.08 Å². The summed E-state index contributed by atoms with van der Waals surface area (Å²) in [6, 6.07) is 0. The maximum Gasteiger partial charge on any atom is 0.185 e. The Labute approximate surface area is 52.7 Å². The first kappa shape index (κ1) is 6.63. The standard InChI is InChI=1S/C3H3Br2F/c1-2(4)3(5)6/h3H,1H2. The lowest BCUT2D eigenvalue weighted by Gasteiger charge is -1.88. The maximum atomic E-state index is 11.6. The van der Waals surface area contributed by atoms with Gasteiger partial charge < -0.3 is 0 Å². The van der Waals surface area contributed by atoms with Crippen LogP contribution in [0.4, 0.5) is 4.39 Å². The minimum atomic E-state index is -1.11. The molecule has 0 saturated heterocycles. The molecular formula is C3H3Br2F. The summed E-state index contributed by atoms with van der Waals surface area (Å²) in [6.07, 6.45) is 0. The molecule has 0 bridgehead atoms. The van der Waals surface area contributed by atoms with Gasteiger partial charge in [0.25, 0.3) is 0 Å². The first-order valence-electron chi connectivity index (χ1n) is 1.27. The summed E-state index contributed by atoms with van der Waals surface area (Å²) in [5.41, 5.74) is 0. The summed E-state index contributed by atoms with van der Waals surface area (Å²) in [5.74, 6) is 0. The number of hydrogen-bond acceptors (Lipinski definition) is 0. The number of hydrogen-bond donors (Lipinski definition) is 0. The van der Waals surface area contributed by atoms with Crippen LogP contribution in [0.2, 0.25) is 0 Å². The van der Waals surface area contributed by atoms with E-state index in [9.17, 15) is 4.39 Å². The van der Waals surface area contributed by atoms with E-state index in [0.29, 0.717) is 4.48 Å². The largest absolute Gasteiger partial charge is 0.229 e. The van der Waals surface area contributed by atoms with Crippen LogP contribution in [-0.2, 0) is 0 Å². The van der Waals surface area contributed by atoms with Crippen LogP contribution < -0.4 is 0 Å². The van der Waals surface area contributed by atoms with Crippen LogP contribution in [0, 0.1) is 0 Å². The van der Waals surface area contributed by atoms with Gasteiger partial charge in [0.1, 0.15) is 0 Å². The molecule has 6 heavy (non-hydrogen) atoms. The zero-order valence-electron chi connectivity index (χ0n) is 2.92. The summed E-state index contributed by atoms with van der Waals surface area (Å²) in [5, 5.41) is -1.11. The van der Waals surface area contributed by atoms with Crippen molar-refractivity contribution < 1.29 is 4.39 Å². The molecule has 0 aliphatic heterocycles. The zero-order valence-corrected chi connectivity index (χ0v) is 6.09. The number of halogens is 3. The van der Waals surface area contributed by atoms with Crippen molar-refractivity contribution in [3.05, 3.63) is 11.1 Å². The van der Waals surface area contributed by atoms with Gasteiger partial charge in [0.05, 0.1) is 0 Å². The van der Waals surface area contributed by atoms with Gasteiger partial charge in [-0.25, -0.2) is 4.39 Å². The minimum absolute atomic E-state index is 0.322. The van der Waals surface area contributed by atoms with E-state index in [1.807, 2.05) is 0 Å². The van der Waals surface area contributed by atoms with Crippen molar-refractivity contribution in [2.24, 2.45) is 0 Å². The second-order valence-corrected chi connectivity index (χ2v) is 2.57. The van der Waals surface area contributed by atoms with Crippen molar-refractivity contribution in [3.8, 4) is 0 Å². The molecule has 0 aromatic rings. The van der Waals surface area contributed by atoms with E-state index in [0.717, 1.165) is 0 Å². The summed E-state index contributed by atoms with van der Waals surface area (Å²) >= 11 is 5.45. The predicted octanol–water partition coefficient (Wildman–Crippen LogP) is 2.59. The van der Waals surface area contributed by atoms with Crippen LogP contribution in [0.25, 0.3) is 0 Å². The molecular weight excluding hydrogens is 215 g/mol. The van der Waals surface area contributed by atoms with E-state index in [1.165, 1.54) is 0 Å². The Morgan fingerprint density at radius 2 is 2.00 bits per heavy atom. The Balaban J connectivity index is 3.26. The van der Waals surface area contributed by atoms with Gasteiger partial charge in [-0.2, -0.15) is 0 Å². The normalized spacial score (nSPS) is 13.8. The van der Waals surface area contributed by atoms with E-state index in [-0.39, 0.29) is 0 Å². The van der Waals surface area contributed by atoms with Gasteiger partial charge in [0.15, 0.2) is 5.08 Å². The van der Waals surface area contributed by atoms with Crippen molar-refractivity contribution in [1.82, 2.24) is 0 Å². The Morgan fingerprint density at radius 3 is 2.00 bits per heavy atom. The third kappa shape index (κ3) is 2.85. The summed E-state index contributed by atoms with van der Waals surface area (Å²) in [4.78, 5) is 0. The van der Waals surface area contributed by atoms with Crippen molar-refractivity contribution in [2.45, 2.75) is 5.08 Å². The van der Waals surface area contributed by atoms with E-state index in [4.69, 9.17) is 0 Å². The van der Waals surface area contributed by atoms with E-state index in [2.05, 4.69) is 38.4 Å². The Hall–Kier alpha value is 0.630. The van der Waals surface area contributed by atoms with Gasteiger partial charge in [-0.1, -0.05) is 22.5 Å². The maximum absolute atomic E-state index is 11.6. The average molecular weight is 218 g/mol. The van der Waals surface area contributed by atoms with Crippen molar-refractivity contribution in [3.63, 3.8) is 0 Å². The van der Waals surface area contributed by atoms with E-state index < -0.39 is 5.08 Å². The van der Waals surface area contributed by atoms with Gasteiger partial charge in [0, 0.05) is 4.48 Å². The third-order valence-corrected chi connectivity index (χ3v) is 1.81. The van der Waals surface area contributed by atoms with Gasteiger partial charge >= 0.3 is 0 Å². The highest BCUT2D eigenvalue weighted by Gasteiger charge is 1.97. The summed E-state index contributed by atoms with van der Waals surface area (Å²) in [6.45, 7) is 3.25. The molecule has 0 fully saturated rings. The molecule has 1 atom stereocenters. The van der Waals surface area contributed by atoms with Crippen LogP contribution >= 0.6 is 31.9 Å². The molecule has 1 unspecified atom stereocenters. The van der Waals surface area contributed by atoms with Crippen LogP contribution in [0.3, 0.4) is 0 Å². The van der Waals surface area contributed by atoms with Gasteiger partial charge in [-0.05, 0) is 15.9 Å². The van der Waals surface area contributed by atoms with Crippen molar-refractivity contribution in [2.75, 3.05) is 0 Å². The zero-order chi connectivity index (χ0) is 5.15. The van der Waals surface area contributed by atoms with Gasteiger partial charge in [-0.15, -0.1) is 0 Å². The average Bonchev–Trinajstić information content (AvgIpc) is 1.36. The second kappa shape index (κ2) is 2.75. The fraction of sp³-hybridized carbons (Fsp3) is 0.333. The molecule has 3 heteroatoms. The molecule has 36 valence electrons. The Kier molecular flexibility index (Phi) is 3.03. The predicted molar refractivity (Wildman–Crippen MR) is 31.9 cm³/mol. The van der Waals surface area contributed by atoms with E-state index in [1.54, 1.807) is 0 Å². The lowest BCUT2D eigenvalue weighted by atomic mass is 10.7. The van der Waals surface area contributed by atoms with Crippen LogP contribution in [0.5, 0.6) is 0 Å². The Bertz CT molecular complexity index is 59.8. The second-order valence-electron chi connectivity index (χ2n) is 0.748. The molecule has 0 saturated carbocycles. The van der Waals surface area contributed by atoms with Crippen molar-refractivity contribution >= 4 is 31.9 Å². The lowest BCUT2D eigenvalue weighted by Crippen LogP contribution is -1.79. The lowest BCUT2D eigenvalue weighted by molar-refractivity contribution is 0.526. The Morgan fingerprint density at radius 1 is 1.83 bits per heavy atom. The number of allylic oxidation sites excluding steroid dienone is 1.